The highest BCUT2D eigenvalue weighted by Crippen LogP contribution is 2.29. The minimum absolute atomic E-state index is 0.0485. The number of anilines is 1. The van der Waals surface area contributed by atoms with E-state index in [1.54, 1.807) is 0 Å². The maximum Gasteiger partial charge on any atom is 0.321 e. The van der Waals surface area contributed by atoms with Gasteiger partial charge in [-0.3, -0.25) is 0 Å². The number of hydrogen-bond donors (Lipinski definition) is 1. The van der Waals surface area contributed by atoms with Crippen LogP contribution in [0.1, 0.15) is 25.1 Å². The molecule has 0 radical (unpaired) electrons. The lowest BCUT2D eigenvalue weighted by Gasteiger charge is -2.26. The summed E-state index contributed by atoms with van der Waals surface area (Å²) in [7, 11) is 0.581. The molecule has 29 heavy (non-hydrogen) atoms. The number of ether oxygens (including phenoxy) is 3. The van der Waals surface area contributed by atoms with Crippen LogP contribution >= 0.6 is 0 Å². The maximum atomic E-state index is 12.7. The van der Waals surface area contributed by atoms with Gasteiger partial charge in [0.2, 0.25) is 16.0 Å². The van der Waals surface area contributed by atoms with Crippen LogP contribution in [0.4, 0.5) is 5.95 Å². The number of piperidine rings is 1. The molecular weight excluding hydrogens is 398 g/mol. The number of nitrogens with zero attached hydrogens (tertiary/aromatic N) is 4. The summed E-state index contributed by atoms with van der Waals surface area (Å²) >= 11 is 0. The SMILES string of the molecule is COc1nc(CNS(=O)(=O)c2ccc(OC)c(OC)c2)nc(N2CCCCC2)n1. The number of benzene rings is 1. The van der Waals surface area contributed by atoms with Crippen LogP contribution < -0.4 is 23.8 Å². The third-order valence-electron chi connectivity index (χ3n) is 4.56. The molecule has 158 valence electrons. The van der Waals surface area contributed by atoms with Crippen molar-refractivity contribution in [2.45, 2.75) is 30.7 Å². The molecule has 1 aliphatic rings. The Morgan fingerprint density at radius 3 is 2.34 bits per heavy atom. The number of methoxy groups -OCH3 is 3. The molecule has 3 rings (SSSR count). The van der Waals surface area contributed by atoms with Gasteiger partial charge in [0.25, 0.3) is 0 Å². The topological polar surface area (TPSA) is 116 Å². The molecule has 11 heteroatoms. The largest absolute Gasteiger partial charge is 0.493 e. The minimum atomic E-state index is -3.81. The summed E-state index contributed by atoms with van der Waals surface area (Å²) < 4.78 is 43.4. The smallest absolute Gasteiger partial charge is 0.321 e. The second-order valence-electron chi connectivity index (χ2n) is 6.43. The molecule has 1 aliphatic heterocycles. The molecule has 10 nitrogen and oxygen atoms in total. The third-order valence-corrected chi connectivity index (χ3v) is 5.96. The molecule has 1 N–H and O–H groups in total. The van der Waals surface area contributed by atoms with Crippen molar-refractivity contribution in [3.8, 4) is 17.5 Å². The van der Waals surface area contributed by atoms with E-state index in [0.717, 1.165) is 25.9 Å². The molecule has 1 fully saturated rings. The highest BCUT2D eigenvalue weighted by molar-refractivity contribution is 7.89. The van der Waals surface area contributed by atoms with Crippen LogP contribution in [0, 0.1) is 0 Å². The van der Waals surface area contributed by atoms with E-state index in [0.29, 0.717) is 17.4 Å². The molecule has 2 aromatic rings. The van der Waals surface area contributed by atoms with Crippen molar-refractivity contribution >= 4 is 16.0 Å². The number of sulfonamides is 1. The number of rotatable bonds is 8. The number of hydrogen-bond acceptors (Lipinski definition) is 9. The Morgan fingerprint density at radius 2 is 1.69 bits per heavy atom. The van der Waals surface area contributed by atoms with E-state index >= 15 is 0 Å². The van der Waals surface area contributed by atoms with Crippen LogP contribution in [0.3, 0.4) is 0 Å². The lowest BCUT2D eigenvalue weighted by atomic mass is 10.1. The zero-order valence-electron chi connectivity index (χ0n) is 16.7. The molecule has 0 aliphatic carbocycles. The van der Waals surface area contributed by atoms with Crippen LogP contribution in [0.15, 0.2) is 23.1 Å². The van der Waals surface area contributed by atoms with Crippen molar-refractivity contribution < 1.29 is 22.6 Å². The van der Waals surface area contributed by atoms with E-state index in [1.165, 1.54) is 45.9 Å². The Bertz CT molecular complexity index is 948. The summed E-state index contributed by atoms with van der Waals surface area (Å²) in [5.74, 6) is 1.54. The lowest BCUT2D eigenvalue weighted by molar-refractivity contribution is 0.354. The van der Waals surface area contributed by atoms with Gasteiger partial charge in [0.05, 0.1) is 32.8 Å². The fraction of sp³-hybridized carbons (Fsp3) is 0.500. The van der Waals surface area contributed by atoms with Gasteiger partial charge in [-0.1, -0.05) is 0 Å². The summed E-state index contributed by atoms with van der Waals surface area (Å²) in [6.07, 6.45) is 3.31. The standard InChI is InChI=1S/C18H25N5O5S/c1-26-14-8-7-13(11-15(14)27-2)29(24,25)19-12-16-20-17(22-18(21-16)28-3)23-9-5-4-6-10-23/h7-8,11,19H,4-6,9-10,12H2,1-3H3. The monoisotopic (exact) mass is 423 g/mol. The Balaban J connectivity index is 1.79. The van der Waals surface area contributed by atoms with Gasteiger partial charge < -0.3 is 19.1 Å². The summed E-state index contributed by atoms with van der Waals surface area (Å²) in [6, 6.07) is 4.53. The van der Waals surface area contributed by atoms with E-state index in [2.05, 4.69) is 24.6 Å². The zero-order chi connectivity index (χ0) is 20.9. The van der Waals surface area contributed by atoms with Gasteiger partial charge >= 0.3 is 6.01 Å². The summed E-state index contributed by atoms with van der Waals surface area (Å²) in [6.45, 7) is 1.60. The summed E-state index contributed by atoms with van der Waals surface area (Å²) in [4.78, 5) is 15.0. The number of nitrogens with one attached hydrogen (secondary N) is 1. The minimum Gasteiger partial charge on any atom is -0.493 e. The lowest BCUT2D eigenvalue weighted by Crippen LogP contribution is -2.32. The summed E-state index contributed by atoms with van der Waals surface area (Å²) in [5, 5.41) is 0. The predicted octanol–water partition coefficient (Wildman–Crippen LogP) is 1.37. The fourth-order valence-corrected chi connectivity index (χ4v) is 4.01. The van der Waals surface area contributed by atoms with E-state index in [1.807, 2.05) is 0 Å². The van der Waals surface area contributed by atoms with Crippen LogP contribution in [0.2, 0.25) is 0 Å². The van der Waals surface area contributed by atoms with Gasteiger partial charge in [0.1, 0.15) is 0 Å². The van der Waals surface area contributed by atoms with Crippen LogP contribution in [0.5, 0.6) is 17.5 Å². The van der Waals surface area contributed by atoms with Gasteiger partial charge in [-0.2, -0.15) is 15.0 Å². The molecule has 0 unspecified atom stereocenters. The quantitative estimate of drug-likeness (QED) is 0.672. The Labute approximate surface area is 170 Å². The molecule has 1 aromatic carbocycles. The van der Waals surface area contributed by atoms with Crippen molar-refractivity contribution in [1.29, 1.82) is 0 Å². The van der Waals surface area contributed by atoms with Gasteiger partial charge in [0.15, 0.2) is 17.3 Å². The molecule has 2 heterocycles. The Hall–Kier alpha value is -2.66. The van der Waals surface area contributed by atoms with E-state index in [-0.39, 0.29) is 23.3 Å². The van der Waals surface area contributed by atoms with Crippen molar-refractivity contribution in [3.05, 3.63) is 24.0 Å². The van der Waals surface area contributed by atoms with Crippen LogP contribution in [-0.4, -0.2) is 57.8 Å². The van der Waals surface area contributed by atoms with Gasteiger partial charge in [-0.25, -0.2) is 13.1 Å². The Kier molecular flexibility index (Phi) is 6.70. The van der Waals surface area contributed by atoms with Gasteiger partial charge in [-0.15, -0.1) is 0 Å². The first kappa shape index (κ1) is 21.1. The second-order valence-corrected chi connectivity index (χ2v) is 8.19. The number of aromatic nitrogens is 3. The van der Waals surface area contributed by atoms with E-state index in [4.69, 9.17) is 14.2 Å². The third kappa shape index (κ3) is 5.04. The van der Waals surface area contributed by atoms with Crippen LogP contribution in [0.25, 0.3) is 0 Å². The fourth-order valence-electron chi connectivity index (χ4n) is 3.02. The summed E-state index contributed by atoms with van der Waals surface area (Å²) in [5.41, 5.74) is 0. The molecule has 0 spiro atoms. The molecule has 1 aromatic heterocycles. The molecule has 0 bridgehead atoms. The van der Waals surface area contributed by atoms with Gasteiger partial charge in [0, 0.05) is 19.2 Å². The van der Waals surface area contributed by atoms with Crippen molar-refractivity contribution in [3.63, 3.8) is 0 Å². The average molecular weight is 423 g/mol. The molecule has 0 saturated carbocycles. The highest BCUT2D eigenvalue weighted by atomic mass is 32.2. The predicted molar refractivity (Wildman–Crippen MR) is 106 cm³/mol. The average Bonchev–Trinajstić information content (AvgIpc) is 2.77. The molecule has 0 amide bonds. The molecular formula is C18H25N5O5S. The second kappa shape index (κ2) is 9.23. The first-order valence-electron chi connectivity index (χ1n) is 9.22. The first-order chi connectivity index (χ1) is 14.0. The molecule has 1 saturated heterocycles. The first-order valence-corrected chi connectivity index (χ1v) is 10.7. The van der Waals surface area contributed by atoms with Crippen molar-refractivity contribution in [2.75, 3.05) is 39.3 Å². The van der Waals surface area contributed by atoms with E-state index in [9.17, 15) is 8.42 Å². The van der Waals surface area contributed by atoms with Crippen LogP contribution in [-0.2, 0) is 16.6 Å². The zero-order valence-corrected chi connectivity index (χ0v) is 17.5. The van der Waals surface area contributed by atoms with E-state index < -0.39 is 10.0 Å². The van der Waals surface area contributed by atoms with Crippen molar-refractivity contribution in [2.24, 2.45) is 0 Å². The van der Waals surface area contributed by atoms with Crippen molar-refractivity contribution in [1.82, 2.24) is 19.7 Å². The normalized spacial score (nSPS) is 14.5. The Morgan fingerprint density at radius 1 is 0.966 bits per heavy atom. The highest BCUT2D eigenvalue weighted by Gasteiger charge is 2.20. The maximum absolute atomic E-state index is 12.7. The van der Waals surface area contributed by atoms with Gasteiger partial charge in [-0.05, 0) is 31.4 Å². The molecule has 0 atom stereocenters.